The first-order valence-electron chi connectivity index (χ1n) is 5.65. The van der Waals surface area contributed by atoms with Crippen molar-refractivity contribution in [3.8, 4) is 5.75 Å². The molecule has 0 saturated carbocycles. The van der Waals surface area contributed by atoms with Crippen molar-refractivity contribution in [1.82, 2.24) is 0 Å². The Kier molecular flexibility index (Phi) is 4.49. The van der Waals surface area contributed by atoms with Gasteiger partial charge in [0.15, 0.2) is 0 Å². The molecule has 5 nitrogen and oxygen atoms in total. The largest absolute Gasteiger partial charge is 0.477 e. The van der Waals surface area contributed by atoms with E-state index in [2.05, 4.69) is 10.1 Å². The van der Waals surface area contributed by atoms with Crippen LogP contribution in [0.2, 0.25) is 0 Å². The Bertz CT molecular complexity index is 672. The van der Waals surface area contributed by atoms with Crippen LogP contribution in [0.3, 0.4) is 0 Å². The standard InChI is InChI=1S/C13H9F2NO4S/c14-13(15)20-8-3-1-2-7(6-8)11(17)16-10-5-4-9(21-10)12(18)19/h1-6,13H,(H,16,17)(H,18,19). The minimum Gasteiger partial charge on any atom is -0.477 e. The van der Waals surface area contributed by atoms with Crippen molar-refractivity contribution in [2.24, 2.45) is 0 Å². The number of anilines is 1. The fourth-order valence-corrected chi connectivity index (χ4v) is 2.26. The summed E-state index contributed by atoms with van der Waals surface area (Å²) >= 11 is 0.896. The molecule has 2 aromatic rings. The number of thiophene rings is 1. The number of halogens is 2. The molecule has 0 saturated heterocycles. The van der Waals surface area contributed by atoms with E-state index in [1.54, 1.807) is 0 Å². The van der Waals surface area contributed by atoms with E-state index in [9.17, 15) is 18.4 Å². The molecule has 0 aliphatic rings. The molecule has 8 heteroatoms. The third-order valence-corrected chi connectivity index (χ3v) is 3.36. The molecule has 1 aromatic heterocycles. The van der Waals surface area contributed by atoms with Gasteiger partial charge in [0.1, 0.15) is 10.6 Å². The number of rotatable bonds is 5. The Balaban J connectivity index is 2.10. The average molecular weight is 313 g/mol. The summed E-state index contributed by atoms with van der Waals surface area (Å²) in [6.45, 7) is -2.97. The number of ether oxygens (including phenoxy) is 1. The minimum absolute atomic E-state index is 0.0834. The molecule has 1 heterocycles. The molecule has 1 aromatic carbocycles. The summed E-state index contributed by atoms with van der Waals surface area (Å²) in [5.74, 6) is -1.77. The number of carboxylic acids is 1. The molecule has 110 valence electrons. The Morgan fingerprint density at radius 1 is 1.24 bits per heavy atom. The second-order valence-electron chi connectivity index (χ2n) is 3.83. The lowest BCUT2D eigenvalue weighted by Gasteiger charge is -2.06. The monoisotopic (exact) mass is 313 g/mol. The highest BCUT2D eigenvalue weighted by Gasteiger charge is 2.12. The van der Waals surface area contributed by atoms with Crippen LogP contribution in [0.1, 0.15) is 20.0 Å². The molecule has 2 N–H and O–H groups in total. The third-order valence-electron chi connectivity index (χ3n) is 2.37. The van der Waals surface area contributed by atoms with Crippen molar-refractivity contribution >= 4 is 28.2 Å². The van der Waals surface area contributed by atoms with Gasteiger partial charge in [0.2, 0.25) is 0 Å². The van der Waals surface area contributed by atoms with Crippen LogP contribution in [0.5, 0.6) is 5.75 Å². The number of nitrogens with one attached hydrogen (secondary N) is 1. The van der Waals surface area contributed by atoms with Crippen molar-refractivity contribution < 1.29 is 28.2 Å². The topological polar surface area (TPSA) is 75.6 Å². The number of alkyl halides is 2. The molecule has 21 heavy (non-hydrogen) atoms. The highest BCUT2D eigenvalue weighted by atomic mass is 32.1. The second-order valence-corrected chi connectivity index (χ2v) is 4.91. The van der Waals surface area contributed by atoms with E-state index >= 15 is 0 Å². The van der Waals surface area contributed by atoms with Crippen molar-refractivity contribution in [2.45, 2.75) is 6.61 Å². The van der Waals surface area contributed by atoms with E-state index in [1.165, 1.54) is 36.4 Å². The summed E-state index contributed by atoms with van der Waals surface area (Å²) in [6, 6.07) is 8.12. The molecule has 0 radical (unpaired) electrons. The zero-order chi connectivity index (χ0) is 15.4. The van der Waals surface area contributed by atoms with Crippen LogP contribution in [-0.2, 0) is 0 Å². The van der Waals surface area contributed by atoms with Crippen LogP contribution in [0.4, 0.5) is 13.8 Å². The molecule has 0 aliphatic carbocycles. The number of hydrogen-bond donors (Lipinski definition) is 2. The number of hydrogen-bond acceptors (Lipinski definition) is 4. The van der Waals surface area contributed by atoms with Gasteiger partial charge >= 0.3 is 12.6 Å². The SMILES string of the molecule is O=C(Nc1ccc(C(=O)O)s1)c1cccc(OC(F)F)c1. The summed E-state index contributed by atoms with van der Waals surface area (Å²) < 4.78 is 28.4. The van der Waals surface area contributed by atoms with E-state index in [4.69, 9.17) is 5.11 Å². The number of carboxylic acid groups (broad SMARTS) is 1. The fraction of sp³-hybridized carbons (Fsp3) is 0.0769. The third kappa shape index (κ3) is 3.99. The predicted octanol–water partition coefficient (Wildman–Crippen LogP) is 3.30. The van der Waals surface area contributed by atoms with Gasteiger partial charge in [-0.05, 0) is 30.3 Å². The van der Waals surface area contributed by atoms with E-state index in [0.717, 1.165) is 11.3 Å². The van der Waals surface area contributed by atoms with E-state index in [1.807, 2.05) is 0 Å². The molecule has 0 unspecified atom stereocenters. The van der Waals surface area contributed by atoms with Crippen LogP contribution in [-0.4, -0.2) is 23.6 Å². The first-order chi connectivity index (χ1) is 9.95. The predicted molar refractivity (Wildman–Crippen MR) is 72.3 cm³/mol. The number of benzene rings is 1. The van der Waals surface area contributed by atoms with Gasteiger partial charge in [0, 0.05) is 5.56 Å². The van der Waals surface area contributed by atoms with Gasteiger partial charge in [0.25, 0.3) is 5.91 Å². The van der Waals surface area contributed by atoms with Gasteiger partial charge in [-0.1, -0.05) is 6.07 Å². The summed E-state index contributed by atoms with van der Waals surface area (Å²) in [6.07, 6.45) is 0. The summed E-state index contributed by atoms with van der Waals surface area (Å²) in [7, 11) is 0. The van der Waals surface area contributed by atoms with Crippen LogP contribution in [0, 0.1) is 0 Å². The van der Waals surface area contributed by atoms with Crippen molar-refractivity contribution in [3.05, 3.63) is 46.8 Å². The van der Waals surface area contributed by atoms with Gasteiger partial charge < -0.3 is 15.2 Å². The van der Waals surface area contributed by atoms with E-state index < -0.39 is 18.5 Å². The molecule has 1 amide bonds. The molecule has 0 atom stereocenters. The fourth-order valence-electron chi connectivity index (χ4n) is 1.52. The maximum Gasteiger partial charge on any atom is 0.387 e. The number of amides is 1. The molecule has 0 bridgehead atoms. The normalized spacial score (nSPS) is 10.4. The Morgan fingerprint density at radius 3 is 2.62 bits per heavy atom. The van der Waals surface area contributed by atoms with Crippen molar-refractivity contribution in [2.75, 3.05) is 5.32 Å². The van der Waals surface area contributed by atoms with Gasteiger partial charge in [-0.2, -0.15) is 8.78 Å². The Morgan fingerprint density at radius 2 is 2.00 bits per heavy atom. The van der Waals surface area contributed by atoms with Crippen LogP contribution < -0.4 is 10.1 Å². The molecule has 2 rings (SSSR count). The Labute approximate surface area is 121 Å². The maximum atomic E-state index is 12.1. The number of carbonyl (C=O) groups is 2. The minimum atomic E-state index is -2.97. The first kappa shape index (κ1) is 14.9. The number of carbonyl (C=O) groups excluding carboxylic acids is 1. The first-order valence-corrected chi connectivity index (χ1v) is 6.46. The van der Waals surface area contributed by atoms with Crippen LogP contribution in [0.25, 0.3) is 0 Å². The van der Waals surface area contributed by atoms with E-state index in [-0.39, 0.29) is 16.2 Å². The van der Waals surface area contributed by atoms with Gasteiger partial charge in [-0.3, -0.25) is 4.79 Å². The van der Waals surface area contributed by atoms with Gasteiger partial charge in [0.05, 0.1) is 5.00 Å². The quantitative estimate of drug-likeness (QED) is 0.888. The average Bonchev–Trinajstić information content (AvgIpc) is 2.87. The molecule has 0 spiro atoms. The number of aromatic carboxylic acids is 1. The van der Waals surface area contributed by atoms with Crippen molar-refractivity contribution in [3.63, 3.8) is 0 Å². The second kappa shape index (κ2) is 6.31. The lowest BCUT2D eigenvalue weighted by Crippen LogP contribution is -2.11. The summed E-state index contributed by atoms with van der Waals surface area (Å²) in [4.78, 5) is 22.7. The zero-order valence-electron chi connectivity index (χ0n) is 10.4. The van der Waals surface area contributed by atoms with Crippen LogP contribution in [0.15, 0.2) is 36.4 Å². The Hall–Kier alpha value is -2.48. The molecular weight excluding hydrogens is 304 g/mol. The molecule has 0 aliphatic heterocycles. The molecule has 0 fully saturated rings. The van der Waals surface area contributed by atoms with Gasteiger partial charge in [-0.15, -0.1) is 11.3 Å². The lowest BCUT2D eigenvalue weighted by atomic mass is 10.2. The highest BCUT2D eigenvalue weighted by molar-refractivity contribution is 7.18. The zero-order valence-corrected chi connectivity index (χ0v) is 11.2. The summed E-state index contributed by atoms with van der Waals surface area (Å²) in [5.41, 5.74) is 0.124. The smallest absolute Gasteiger partial charge is 0.387 e. The highest BCUT2D eigenvalue weighted by Crippen LogP contribution is 2.23. The summed E-state index contributed by atoms with van der Waals surface area (Å²) in [5, 5.41) is 11.6. The maximum absolute atomic E-state index is 12.1. The van der Waals surface area contributed by atoms with E-state index in [0.29, 0.717) is 5.00 Å². The van der Waals surface area contributed by atoms with Gasteiger partial charge in [-0.25, -0.2) is 4.79 Å². The van der Waals surface area contributed by atoms with Crippen molar-refractivity contribution in [1.29, 1.82) is 0 Å². The van der Waals surface area contributed by atoms with Crippen LogP contribution >= 0.6 is 11.3 Å². The molecular formula is C13H9F2NO4S. The lowest BCUT2D eigenvalue weighted by molar-refractivity contribution is -0.0498.